The molecule has 2 heterocycles. The highest BCUT2D eigenvalue weighted by Crippen LogP contribution is 2.30. The molecule has 1 amide bonds. The molecule has 0 saturated carbocycles. The van der Waals surface area contributed by atoms with E-state index in [0.717, 1.165) is 38.5 Å². The average Bonchev–Trinajstić information content (AvgIpc) is 3.36. The van der Waals surface area contributed by atoms with Crippen LogP contribution in [0.25, 0.3) is 0 Å². The lowest BCUT2D eigenvalue weighted by Crippen LogP contribution is -2.65. The van der Waals surface area contributed by atoms with Gasteiger partial charge >= 0.3 is 0 Å². The zero-order valence-corrected chi connectivity index (χ0v) is 44.3. The Morgan fingerprint density at radius 2 is 0.886 bits per heavy atom. The molecule has 2 aliphatic heterocycles. The van der Waals surface area contributed by atoms with Crippen LogP contribution in [0.3, 0.4) is 0 Å². The summed E-state index contributed by atoms with van der Waals surface area (Å²) in [4.78, 5) is 13.2. The van der Waals surface area contributed by atoms with E-state index in [1.807, 2.05) is 6.08 Å². The number of amides is 1. The maximum Gasteiger partial charge on any atom is 0.220 e. The van der Waals surface area contributed by atoms with Gasteiger partial charge in [-0.3, -0.25) is 4.79 Å². The number of allylic oxidation sites excluding steroid dienone is 1. The Morgan fingerprint density at radius 3 is 1.31 bits per heavy atom. The van der Waals surface area contributed by atoms with E-state index in [1.165, 1.54) is 180 Å². The first-order valence-corrected chi connectivity index (χ1v) is 28.9. The van der Waals surface area contributed by atoms with Crippen LogP contribution in [0.2, 0.25) is 0 Å². The number of aliphatic hydroxyl groups is 8. The molecule has 2 saturated heterocycles. The maximum atomic E-state index is 13.2. The lowest BCUT2D eigenvalue weighted by atomic mass is 9.97. The molecule has 0 aromatic rings. The standard InChI is InChI=1S/C56H107NO13/c1-3-5-7-9-11-13-15-17-19-21-22-24-26-28-30-32-34-36-38-40-48(61)57-44(45(60)39-37-35-33-31-29-27-25-23-20-18-16-14-12-10-8-6-4-2)43-67-55-53(66)51(64)54(47(42-59)69-55)70-56-52(65)50(63)49(62)46(41-58)68-56/h37,39,44-47,49-56,58-60,62-66H,3-36,38,40-43H2,1-2H3,(H,57,61)/b39-37+/t44-,45+,46+,47+,49-,50?,51?,52?,53?,54+,55+,56-/m0/s1. The second-order valence-electron chi connectivity index (χ2n) is 20.8. The summed E-state index contributed by atoms with van der Waals surface area (Å²) in [5.74, 6) is -0.234. The normalized spacial score (nSPS) is 26.0. The van der Waals surface area contributed by atoms with Gasteiger partial charge in [0.15, 0.2) is 12.6 Å². The van der Waals surface area contributed by atoms with Crippen LogP contribution in [0.5, 0.6) is 0 Å². The predicted molar refractivity (Wildman–Crippen MR) is 277 cm³/mol. The third-order valence-electron chi connectivity index (χ3n) is 14.5. The molecule has 2 rings (SSSR count). The van der Waals surface area contributed by atoms with Crippen molar-refractivity contribution in [3.05, 3.63) is 12.2 Å². The van der Waals surface area contributed by atoms with Crippen molar-refractivity contribution in [3.8, 4) is 0 Å². The molecule has 0 spiro atoms. The SMILES string of the molecule is CCCCCCCCCCCCCCCCC/C=C/[C@@H](O)[C@H](CO[C@@H]1O[C@H](CO)[C@@H](O[C@@H]2O[C@H](CO)[C@H](O)C(O)C2O)C(O)C1O)NC(=O)CCCCCCCCCCCCCCCCCCCCC. The number of nitrogens with one attached hydrogen (secondary N) is 1. The summed E-state index contributed by atoms with van der Waals surface area (Å²) in [5.41, 5.74) is 0. The van der Waals surface area contributed by atoms with Gasteiger partial charge in [-0.15, -0.1) is 0 Å². The molecule has 0 aliphatic carbocycles. The first-order chi connectivity index (χ1) is 34.1. The van der Waals surface area contributed by atoms with Crippen LogP contribution in [0, 0.1) is 0 Å². The molecule has 0 bridgehead atoms. The number of carbonyl (C=O) groups is 1. The van der Waals surface area contributed by atoms with Gasteiger partial charge < -0.3 is 65.1 Å². The van der Waals surface area contributed by atoms with Gasteiger partial charge in [0.25, 0.3) is 0 Å². The van der Waals surface area contributed by atoms with Crippen molar-refractivity contribution in [2.45, 2.75) is 319 Å². The monoisotopic (exact) mass is 1000 g/mol. The summed E-state index contributed by atoms with van der Waals surface area (Å²) in [6, 6.07) is -0.909. The van der Waals surface area contributed by atoms with Crippen LogP contribution < -0.4 is 5.32 Å². The molecule has 0 radical (unpaired) electrons. The Kier molecular flexibility index (Phi) is 39.9. The molecule has 14 nitrogen and oxygen atoms in total. The lowest BCUT2D eigenvalue weighted by Gasteiger charge is -2.46. The third-order valence-corrected chi connectivity index (χ3v) is 14.5. The number of carbonyl (C=O) groups excluding carboxylic acids is 1. The Balaban J connectivity index is 1.79. The van der Waals surface area contributed by atoms with Crippen LogP contribution in [-0.4, -0.2) is 140 Å². The Bertz CT molecular complexity index is 1230. The van der Waals surface area contributed by atoms with E-state index in [1.54, 1.807) is 6.08 Å². The summed E-state index contributed by atoms with van der Waals surface area (Å²) in [7, 11) is 0. The van der Waals surface area contributed by atoms with Crippen LogP contribution in [0.1, 0.15) is 245 Å². The van der Waals surface area contributed by atoms with Gasteiger partial charge in [-0.05, 0) is 19.3 Å². The van der Waals surface area contributed by atoms with Crippen LogP contribution in [-0.2, 0) is 23.7 Å². The highest BCUT2D eigenvalue weighted by atomic mass is 16.7. The highest BCUT2D eigenvalue weighted by Gasteiger charge is 2.51. The van der Waals surface area contributed by atoms with Gasteiger partial charge in [0.05, 0.1) is 32.0 Å². The van der Waals surface area contributed by atoms with Gasteiger partial charge in [-0.2, -0.15) is 0 Å². The minimum atomic E-state index is -1.78. The lowest BCUT2D eigenvalue weighted by molar-refractivity contribution is -0.359. The molecule has 12 atom stereocenters. The van der Waals surface area contributed by atoms with E-state index in [-0.39, 0.29) is 18.9 Å². The van der Waals surface area contributed by atoms with Crippen molar-refractivity contribution in [3.63, 3.8) is 0 Å². The zero-order chi connectivity index (χ0) is 51.0. The van der Waals surface area contributed by atoms with E-state index in [0.29, 0.717) is 6.42 Å². The molecule has 9 N–H and O–H groups in total. The van der Waals surface area contributed by atoms with E-state index in [9.17, 15) is 45.6 Å². The predicted octanol–water partition coefficient (Wildman–Crippen LogP) is 9.11. The molecule has 2 aliphatic rings. The molecule has 70 heavy (non-hydrogen) atoms. The molecule has 414 valence electrons. The minimum Gasteiger partial charge on any atom is -0.394 e. The fourth-order valence-corrected chi connectivity index (χ4v) is 9.76. The summed E-state index contributed by atoms with van der Waals surface area (Å²) in [6.45, 7) is 2.82. The van der Waals surface area contributed by atoms with E-state index >= 15 is 0 Å². The van der Waals surface area contributed by atoms with Gasteiger partial charge in [0, 0.05) is 6.42 Å². The van der Waals surface area contributed by atoms with Gasteiger partial charge in [0.1, 0.15) is 48.8 Å². The van der Waals surface area contributed by atoms with Gasteiger partial charge in [-0.1, -0.05) is 231 Å². The quantitative estimate of drug-likeness (QED) is 0.0205. The van der Waals surface area contributed by atoms with Crippen LogP contribution in [0.4, 0.5) is 0 Å². The average molecular weight is 1000 g/mol. The van der Waals surface area contributed by atoms with Crippen molar-refractivity contribution >= 4 is 5.91 Å². The molecule has 14 heteroatoms. The number of aliphatic hydroxyl groups excluding tert-OH is 8. The fraction of sp³-hybridized carbons (Fsp3) is 0.946. The number of hydrogen-bond acceptors (Lipinski definition) is 13. The number of hydrogen-bond donors (Lipinski definition) is 9. The summed E-state index contributed by atoms with van der Waals surface area (Å²) < 4.78 is 22.8. The van der Waals surface area contributed by atoms with Crippen molar-refractivity contribution in [1.82, 2.24) is 5.32 Å². The second kappa shape index (κ2) is 43.0. The second-order valence-corrected chi connectivity index (χ2v) is 20.8. The Hall–Kier alpha value is -1.27. The molecule has 2 fully saturated rings. The molecule has 4 unspecified atom stereocenters. The van der Waals surface area contributed by atoms with Gasteiger partial charge in [0.2, 0.25) is 5.91 Å². The van der Waals surface area contributed by atoms with Crippen molar-refractivity contribution in [2.24, 2.45) is 0 Å². The third kappa shape index (κ3) is 29.0. The molecule has 0 aromatic carbocycles. The van der Waals surface area contributed by atoms with E-state index < -0.39 is 86.8 Å². The van der Waals surface area contributed by atoms with Gasteiger partial charge in [-0.25, -0.2) is 0 Å². The summed E-state index contributed by atoms with van der Waals surface area (Å²) >= 11 is 0. The van der Waals surface area contributed by atoms with E-state index in [4.69, 9.17) is 18.9 Å². The molecular formula is C56H107NO13. The number of ether oxygens (including phenoxy) is 4. The maximum absolute atomic E-state index is 13.2. The van der Waals surface area contributed by atoms with Crippen LogP contribution >= 0.6 is 0 Å². The number of unbranched alkanes of at least 4 members (excludes halogenated alkanes) is 33. The molecule has 0 aromatic heterocycles. The van der Waals surface area contributed by atoms with Crippen molar-refractivity contribution in [2.75, 3.05) is 19.8 Å². The largest absolute Gasteiger partial charge is 0.394 e. The Labute approximate surface area is 425 Å². The smallest absolute Gasteiger partial charge is 0.220 e. The topological polar surface area (TPSA) is 228 Å². The minimum absolute atomic E-state index is 0.234. The van der Waals surface area contributed by atoms with E-state index in [2.05, 4.69) is 19.2 Å². The summed E-state index contributed by atoms with van der Waals surface area (Å²) in [6.07, 6.45) is 31.0. The van der Waals surface area contributed by atoms with Crippen molar-refractivity contribution in [1.29, 1.82) is 0 Å². The fourth-order valence-electron chi connectivity index (χ4n) is 9.76. The zero-order valence-electron chi connectivity index (χ0n) is 44.3. The first kappa shape index (κ1) is 64.8. The number of rotatable bonds is 46. The highest BCUT2D eigenvalue weighted by molar-refractivity contribution is 5.76. The van der Waals surface area contributed by atoms with Crippen LogP contribution in [0.15, 0.2) is 12.2 Å². The first-order valence-electron chi connectivity index (χ1n) is 28.9. The Morgan fingerprint density at radius 1 is 0.500 bits per heavy atom. The van der Waals surface area contributed by atoms with Crippen molar-refractivity contribution < 1.29 is 64.6 Å². The summed E-state index contributed by atoms with van der Waals surface area (Å²) in [5, 5.41) is 87.0. The molecular weight excluding hydrogens is 895 g/mol.